The number of hydrogen-bond acceptors (Lipinski definition) is 12. The summed E-state index contributed by atoms with van der Waals surface area (Å²) >= 11 is 6.59. The van der Waals surface area contributed by atoms with Gasteiger partial charge in [0.2, 0.25) is 11.7 Å². The Labute approximate surface area is 263 Å². The van der Waals surface area contributed by atoms with Gasteiger partial charge in [0.25, 0.3) is 16.8 Å². The average Bonchev–Trinajstić information content (AvgIpc) is 3.25. The van der Waals surface area contributed by atoms with Gasteiger partial charge >= 0.3 is 11.7 Å². The number of non-ortho nitro benzene ring substituents is 1. The highest BCUT2D eigenvalue weighted by atomic mass is 35.5. The molecule has 45 heavy (non-hydrogen) atoms. The summed E-state index contributed by atoms with van der Waals surface area (Å²) in [5.74, 6) is -2.58. The molecule has 3 aromatic rings. The summed E-state index contributed by atoms with van der Waals surface area (Å²) in [6.07, 6.45) is 1.28. The van der Waals surface area contributed by atoms with Gasteiger partial charge in [-0.05, 0) is 55.1 Å². The maximum Gasteiger partial charge on any atom is 0.339 e. The number of carbonyl (C=O) groups is 4. The molecule has 3 amide bonds. The van der Waals surface area contributed by atoms with Gasteiger partial charge in [-0.15, -0.1) is 0 Å². The van der Waals surface area contributed by atoms with Crippen molar-refractivity contribution in [3.63, 3.8) is 0 Å². The van der Waals surface area contributed by atoms with Gasteiger partial charge in [0.1, 0.15) is 6.54 Å². The van der Waals surface area contributed by atoms with Crippen molar-refractivity contribution in [1.29, 1.82) is 0 Å². The molecule has 1 fully saturated rings. The van der Waals surface area contributed by atoms with E-state index in [2.05, 4.69) is 5.32 Å². The normalized spacial score (nSPS) is 13.5. The molecule has 3 aromatic carbocycles. The van der Waals surface area contributed by atoms with Gasteiger partial charge in [0.15, 0.2) is 11.5 Å². The molecule has 232 valence electrons. The van der Waals surface area contributed by atoms with Crippen LogP contribution in [-0.2, 0) is 14.3 Å². The van der Waals surface area contributed by atoms with E-state index in [1.54, 1.807) is 6.92 Å². The second kappa shape index (κ2) is 13.9. The van der Waals surface area contributed by atoms with Crippen LogP contribution in [0.25, 0.3) is 6.08 Å². The van der Waals surface area contributed by atoms with E-state index >= 15 is 0 Å². The second-order valence-corrected chi connectivity index (χ2v) is 10.3. The number of anilines is 1. The number of carbonyl (C=O) groups excluding carboxylic acids is 4. The Morgan fingerprint density at radius 1 is 1.04 bits per heavy atom. The summed E-state index contributed by atoms with van der Waals surface area (Å²) in [5, 5.41) is 24.6. The van der Waals surface area contributed by atoms with Crippen LogP contribution in [0.4, 0.5) is 21.9 Å². The van der Waals surface area contributed by atoms with Crippen LogP contribution in [-0.4, -0.2) is 58.0 Å². The lowest BCUT2D eigenvalue weighted by molar-refractivity contribution is -0.394. The van der Waals surface area contributed by atoms with Crippen molar-refractivity contribution >= 4 is 69.5 Å². The first-order valence-electron chi connectivity index (χ1n) is 12.7. The Morgan fingerprint density at radius 3 is 2.47 bits per heavy atom. The predicted molar refractivity (Wildman–Crippen MR) is 162 cm³/mol. The van der Waals surface area contributed by atoms with Crippen LogP contribution < -0.4 is 14.8 Å². The summed E-state index contributed by atoms with van der Waals surface area (Å²) in [4.78, 5) is 72.4. The minimum absolute atomic E-state index is 0.0146. The zero-order chi connectivity index (χ0) is 32.8. The molecular weight excluding hydrogens is 636 g/mol. The van der Waals surface area contributed by atoms with Gasteiger partial charge in [-0.3, -0.25) is 39.5 Å². The number of hydrogen-bond donors (Lipinski definition) is 1. The van der Waals surface area contributed by atoms with Crippen LogP contribution in [0.2, 0.25) is 5.02 Å². The number of rotatable bonds is 11. The highest BCUT2D eigenvalue weighted by Crippen LogP contribution is 2.42. The molecule has 0 unspecified atom stereocenters. The highest BCUT2D eigenvalue weighted by Gasteiger charge is 2.37. The van der Waals surface area contributed by atoms with Crippen molar-refractivity contribution in [2.45, 2.75) is 6.92 Å². The number of methoxy groups -OCH3 is 1. The monoisotopic (exact) mass is 656 g/mol. The van der Waals surface area contributed by atoms with Crippen molar-refractivity contribution in [3.8, 4) is 17.2 Å². The van der Waals surface area contributed by atoms with E-state index in [-0.39, 0.29) is 50.6 Å². The molecule has 1 N–H and O–H groups in total. The molecule has 0 aromatic heterocycles. The van der Waals surface area contributed by atoms with Gasteiger partial charge in [0, 0.05) is 17.3 Å². The Bertz CT molecular complexity index is 1780. The van der Waals surface area contributed by atoms with Gasteiger partial charge < -0.3 is 19.5 Å². The molecule has 0 radical (unpaired) electrons. The highest BCUT2D eigenvalue weighted by molar-refractivity contribution is 8.18. The van der Waals surface area contributed by atoms with Crippen LogP contribution in [0.15, 0.2) is 59.5 Å². The van der Waals surface area contributed by atoms with Crippen LogP contribution in [0.1, 0.15) is 22.8 Å². The number of thioether (sulfide) groups is 1. The smallest absolute Gasteiger partial charge is 0.339 e. The zero-order valence-electron chi connectivity index (χ0n) is 23.3. The second-order valence-electron chi connectivity index (χ2n) is 8.88. The Morgan fingerprint density at radius 2 is 1.80 bits per heavy atom. The third kappa shape index (κ3) is 7.36. The van der Waals surface area contributed by atoms with E-state index in [1.807, 2.05) is 0 Å². The number of amides is 3. The van der Waals surface area contributed by atoms with Gasteiger partial charge in [-0.25, -0.2) is 4.79 Å². The van der Waals surface area contributed by atoms with E-state index < -0.39 is 50.8 Å². The van der Waals surface area contributed by atoms with Crippen molar-refractivity contribution in [2.24, 2.45) is 0 Å². The number of imide groups is 1. The third-order valence-corrected chi connectivity index (χ3v) is 7.24. The van der Waals surface area contributed by atoms with Crippen LogP contribution >= 0.6 is 23.4 Å². The minimum Gasteiger partial charge on any atom is -0.493 e. The van der Waals surface area contributed by atoms with Gasteiger partial charge in [0.05, 0.1) is 45.1 Å². The first-order chi connectivity index (χ1) is 21.4. The Balaban J connectivity index is 1.57. The number of nitro groups is 2. The Hall–Kier alpha value is -5.48. The molecule has 1 heterocycles. The molecule has 0 spiro atoms. The predicted octanol–water partition coefficient (Wildman–Crippen LogP) is 5.81. The summed E-state index contributed by atoms with van der Waals surface area (Å²) in [6.45, 7) is 1.07. The third-order valence-electron chi connectivity index (χ3n) is 6.00. The number of nitrogens with zero attached hydrogens (tertiary/aromatic N) is 3. The lowest BCUT2D eigenvalue weighted by atomic mass is 10.1. The average molecular weight is 657 g/mol. The molecule has 17 heteroatoms. The number of benzene rings is 3. The molecule has 4 rings (SSSR count). The van der Waals surface area contributed by atoms with Crippen LogP contribution in [0.5, 0.6) is 17.2 Å². The first kappa shape index (κ1) is 32.4. The lowest BCUT2D eigenvalue weighted by Crippen LogP contribution is -2.36. The molecule has 1 aliphatic rings. The number of esters is 1. The van der Waals surface area contributed by atoms with E-state index in [0.29, 0.717) is 16.7 Å². The summed E-state index contributed by atoms with van der Waals surface area (Å²) < 4.78 is 16.0. The van der Waals surface area contributed by atoms with E-state index in [1.165, 1.54) is 49.6 Å². The zero-order valence-corrected chi connectivity index (χ0v) is 24.9. The van der Waals surface area contributed by atoms with Crippen LogP contribution in [0.3, 0.4) is 0 Å². The van der Waals surface area contributed by atoms with E-state index in [9.17, 15) is 39.4 Å². The maximum absolute atomic E-state index is 13.2. The van der Waals surface area contributed by atoms with Gasteiger partial charge in [-0.2, -0.15) is 0 Å². The number of para-hydroxylation sites is 1. The molecule has 15 nitrogen and oxygen atoms in total. The molecule has 1 aliphatic heterocycles. The molecule has 0 saturated carbocycles. The Kier molecular flexibility index (Phi) is 10.00. The largest absolute Gasteiger partial charge is 0.493 e. The SMILES string of the molecule is CCOC(=O)c1cc(NC(=O)CN2C(=O)S/C(=C/c3cccc(OC)c3Oc3ccc([N+](=O)[O-])cc3[N+](=O)[O-])C2=O)ccc1Cl. The quantitative estimate of drug-likeness (QED) is 0.113. The number of nitro benzene ring substituents is 2. The standard InChI is InChI=1S/C28H21ClN4O11S/c1-3-43-27(36)18-12-16(7-9-19(18)29)30-24(34)14-31-26(35)23(45-28(31)37)11-15-5-4-6-22(42-2)25(15)44-21-10-8-17(32(38)39)13-20(21)33(40)41/h4-13H,3,14H2,1-2H3,(H,30,34)/b23-11+. The maximum atomic E-state index is 13.2. The topological polar surface area (TPSA) is 198 Å². The van der Waals surface area contributed by atoms with Crippen molar-refractivity contribution in [2.75, 3.05) is 25.6 Å². The fraction of sp³-hybridized carbons (Fsp3) is 0.143. The van der Waals surface area contributed by atoms with E-state index in [4.69, 9.17) is 25.8 Å². The summed E-state index contributed by atoms with van der Waals surface area (Å²) in [6, 6.07) is 11.4. The van der Waals surface area contributed by atoms with Crippen LogP contribution in [0, 0.1) is 20.2 Å². The van der Waals surface area contributed by atoms with E-state index in [0.717, 1.165) is 18.2 Å². The molecule has 0 atom stereocenters. The fourth-order valence-corrected chi connectivity index (χ4v) is 4.99. The molecule has 1 saturated heterocycles. The number of ether oxygens (including phenoxy) is 3. The molecule has 0 aliphatic carbocycles. The number of nitrogens with one attached hydrogen (secondary N) is 1. The van der Waals surface area contributed by atoms with Crippen molar-refractivity contribution < 1.29 is 43.2 Å². The van der Waals surface area contributed by atoms with Crippen molar-refractivity contribution in [1.82, 2.24) is 4.90 Å². The number of halogens is 1. The van der Waals surface area contributed by atoms with Gasteiger partial charge in [-0.1, -0.05) is 23.7 Å². The summed E-state index contributed by atoms with van der Waals surface area (Å²) in [7, 11) is 1.30. The fourth-order valence-electron chi connectivity index (χ4n) is 3.96. The minimum atomic E-state index is -0.852. The molecular formula is C28H21ClN4O11S. The molecule has 0 bridgehead atoms. The van der Waals surface area contributed by atoms with Crippen molar-refractivity contribution in [3.05, 3.63) is 95.9 Å². The first-order valence-corrected chi connectivity index (χ1v) is 13.9. The summed E-state index contributed by atoms with van der Waals surface area (Å²) in [5.41, 5.74) is -0.858. The lowest BCUT2D eigenvalue weighted by Gasteiger charge is -2.14.